The molecule has 0 aromatic heterocycles. The summed E-state index contributed by atoms with van der Waals surface area (Å²) in [6.45, 7) is 15.7. The molecule has 168 valence electrons. The molecular formula is C21H31NO8. The zero-order chi connectivity index (χ0) is 23.3. The highest BCUT2D eigenvalue weighted by Gasteiger charge is 2.38. The van der Waals surface area contributed by atoms with Gasteiger partial charge in [-0.3, -0.25) is 0 Å². The van der Waals surface area contributed by atoms with Gasteiger partial charge in [0.25, 0.3) is 0 Å². The smallest absolute Gasteiger partial charge is 0.407 e. The minimum Gasteiger partial charge on any atom is -0.461 e. The van der Waals surface area contributed by atoms with Gasteiger partial charge in [-0.05, 0) is 27.2 Å². The quantitative estimate of drug-likeness (QED) is 0.272. The first-order valence-electron chi connectivity index (χ1n) is 9.32. The highest BCUT2D eigenvalue weighted by molar-refractivity contribution is 5.88. The van der Waals surface area contributed by atoms with Crippen LogP contribution in [0.15, 0.2) is 36.5 Å². The third-order valence-corrected chi connectivity index (χ3v) is 3.60. The topological polar surface area (TPSA) is 117 Å². The molecular weight excluding hydrogens is 394 g/mol. The van der Waals surface area contributed by atoms with Crippen molar-refractivity contribution < 1.29 is 38.1 Å². The molecule has 0 aliphatic rings. The molecule has 0 heterocycles. The lowest BCUT2D eigenvalue weighted by Gasteiger charge is -2.31. The molecule has 0 aromatic carbocycles. The molecule has 0 aliphatic heterocycles. The number of carbonyl (C=O) groups is 4. The molecule has 0 fully saturated rings. The lowest BCUT2D eigenvalue weighted by atomic mass is 9.92. The summed E-state index contributed by atoms with van der Waals surface area (Å²) in [7, 11) is 0. The molecule has 1 N–H and O–H groups in total. The molecule has 0 saturated carbocycles. The van der Waals surface area contributed by atoms with Crippen molar-refractivity contribution in [3.05, 3.63) is 36.5 Å². The molecule has 0 aliphatic carbocycles. The second-order valence-electron chi connectivity index (χ2n) is 7.07. The van der Waals surface area contributed by atoms with Crippen molar-refractivity contribution in [3.63, 3.8) is 0 Å². The summed E-state index contributed by atoms with van der Waals surface area (Å²) in [5, 5.41) is 2.53. The summed E-state index contributed by atoms with van der Waals surface area (Å²) < 4.78 is 20.8. The monoisotopic (exact) mass is 425 g/mol. The zero-order valence-electron chi connectivity index (χ0n) is 18.1. The molecule has 0 bridgehead atoms. The Morgan fingerprint density at radius 3 is 1.33 bits per heavy atom. The molecule has 0 aromatic rings. The SMILES string of the molecule is C=C(C)C(=O)OCC(COC(=O)NCCC)(COC(=O)C(=C)C)COC(=O)C(=C)C. The van der Waals surface area contributed by atoms with E-state index in [1.54, 1.807) is 0 Å². The molecule has 0 radical (unpaired) electrons. The Bertz CT molecular complexity index is 621. The molecule has 0 unspecified atom stereocenters. The summed E-state index contributed by atoms with van der Waals surface area (Å²) in [5.74, 6) is -2.10. The van der Waals surface area contributed by atoms with E-state index in [-0.39, 0.29) is 43.1 Å². The molecule has 0 rings (SSSR count). The Balaban J connectivity index is 5.60. The maximum atomic E-state index is 11.9. The Labute approximate surface area is 177 Å². The maximum Gasteiger partial charge on any atom is 0.407 e. The average molecular weight is 425 g/mol. The largest absolute Gasteiger partial charge is 0.461 e. The minimum atomic E-state index is -1.36. The summed E-state index contributed by atoms with van der Waals surface area (Å²) in [5.41, 5.74) is -0.930. The van der Waals surface area contributed by atoms with Crippen molar-refractivity contribution in [1.29, 1.82) is 0 Å². The second-order valence-corrected chi connectivity index (χ2v) is 7.07. The van der Waals surface area contributed by atoms with Crippen molar-refractivity contribution in [2.24, 2.45) is 5.41 Å². The molecule has 0 saturated heterocycles. The molecule has 9 heteroatoms. The van der Waals surface area contributed by atoms with Gasteiger partial charge in [-0.2, -0.15) is 0 Å². The standard InChI is InChI=1S/C21H31NO8/c1-8-9-22-20(26)30-13-21(10-27-17(23)14(2)3,11-28-18(24)15(4)5)12-29-19(25)16(6)7/h2,4,6,8-13H2,1,3,5,7H3,(H,22,26). The number of amides is 1. The van der Waals surface area contributed by atoms with Crippen LogP contribution < -0.4 is 5.32 Å². The minimum absolute atomic E-state index is 0.142. The molecule has 9 nitrogen and oxygen atoms in total. The van der Waals surface area contributed by atoms with Crippen molar-refractivity contribution in [2.45, 2.75) is 34.1 Å². The van der Waals surface area contributed by atoms with Gasteiger partial charge < -0.3 is 24.3 Å². The van der Waals surface area contributed by atoms with Gasteiger partial charge in [0.05, 0.1) is 0 Å². The van der Waals surface area contributed by atoms with Crippen molar-refractivity contribution >= 4 is 24.0 Å². The Hall–Kier alpha value is -3.10. The van der Waals surface area contributed by atoms with E-state index < -0.39 is 29.4 Å². The van der Waals surface area contributed by atoms with Gasteiger partial charge in [-0.25, -0.2) is 19.2 Å². The van der Waals surface area contributed by atoms with Gasteiger partial charge in [-0.1, -0.05) is 26.7 Å². The number of rotatable bonds is 13. The van der Waals surface area contributed by atoms with Crippen LogP contribution >= 0.6 is 0 Å². The Morgan fingerprint density at radius 2 is 1.03 bits per heavy atom. The summed E-state index contributed by atoms with van der Waals surface area (Å²) in [6.07, 6.45) is -0.0203. The first-order chi connectivity index (χ1) is 13.9. The van der Waals surface area contributed by atoms with Crippen molar-refractivity contribution in [3.8, 4) is 0 Å². The van der Waals surface area contributed by atoms with Gasteiger partial charge in [0, 0.05) is 23.3 Å². The summed E-state index contributed by atoms with van der Waals surface area (Å²) in [4.78, 5) is 47.5. The van der Waals surface area contributed by atoms with Gasteiger partial charge >= 0.3 is 24.0 Å². The van der Waals surface area contributed by atoms with Crippen molar-refractivity contribution in [2.75, 3.05) is 33.0 Å². The molecule has 1 amide bonds. The number of hydrogen-bond acceptors (Lipinski definition) is 8. The van der Waals surface area contributed by atoms with Crippen LogP contribution in [0.2, 0.25) is 0 Å². The lowest BCUT2D eigenvalue weighted by molar-refractivity contribution is -0.160. The number of alkyl carbamates (subject to hydrolysis) is 1. The fraction of sp³-hybridized carbons (Fsp3) is 0.524. The van der Waals surface area contributed by atoms with Gasteiger partial charge in [0.15, 0.2) is 0 Å². The van der Waals surface area contributed by atoms with E-state index >= 15 is 0 Å². The van der Waals surface area contributed by atoms with Gasteiger partial charge in [0.1, 0.15) is 31.8 Å². The summed E-state index contributed by atoms with van der Waals surface area (Å²) in [6, 6.07) is 0. The van der Waals surface area contributed by atoms with Gasteiger partial charge in [0.2, 0.25) is 0 Å². The van der Waals surface area contributed by atoms with Crippen LogP contribution in [-0.2, 0) is 33.3 Å². The number of esters is 3. The molecule has 0 atom stereocenters. The average Bonchev–Trinajstić information content (AvgIpc) is 2.69. The van der Waals surface area contributed by atoms with Crippen LogP contribution in [0.1, 0.15) is 34.1 Å². The van der Waals surface area contributed by atoms with Crippen LogP contribution in [0.5, 0.6) is 0 Å². The van der Waals surface area contributed by atoms with E-state index in [2.05, 4.69) is 25.1 Å². The van der Waals surface area contributed by atoms with Crippen LogP contribution in [0.4, 0.5) is 4.79 Å². The van der Waals surface area contributed by atoms with Crippen LogP contribution in [0, 0.1) is 5.41 Å². The first kappa shape index (κ1) is 26.9. The number of ether oxygens (including phenoxy) is 4. The Morgan fingerprint density at radius 1 is 0.700 bits per heavy atom. The van der Waals surface area contributed by atoms with Crippen molar-refractivity contribution in [1.82, 2.24) is 5.32 Å². The third kappa shape index (κ3) is 10.4. The van der Waals surface area contributed by atoms with Gasteiger partial charge in [-0.15, -0.1) is 0 Å². The van der Waals surface area contributed by atoms with E-state index in [1.165, 1.54) is 20.8 Å². The van der Waals surface area contributed by atoms with E-state index in [0.717, 1.165) is 0 Å². The predicted molar refractivity (Wildman–Crippen MR) is 109 cm³/mol. The highest BCUT2D eigenvalue weighted by atomic mass is 16.6. The predicted octanol–water partition coefficient (Wildman–Crippen LogP) is 2.47. The fourth-order valence-corrected chi connectivity index (χ4v) is 1.77. The zero-order valence-corrected chi connectivity index (χ0v) is 18.1. The number of nitrogens with one attached hydrogen (secondary N) is 1. The third-order valence-electron chi connectivity index (χ3n) is 3.60. The van der Waals surface area contributed by atoms with E-state index in [4.69, 9.17) is 18.9 Å². The van der Waals surface area contributed by atoms with E-state index in [1.807, 2.05) is 6.92 Å². The molecule has 30 heavy (non-hydrogen) atoms. The maximum absolute atomic E-state index is 11.9. The normalized spacial score (nSPS) is 10.4. The van der Waals surface area contributed by atoms with Crippen LogP contribution in [0.25, 0.3) is 0 Å². The van der Waals surface area contributed by atoms with Crippen LogP contribution in [-0.4, -0.2) is 57.0 Å². The number of carbonyl (C=O) groups excluding carboxylic acids is 4. The fourth-order valence-electron chi connectivity index (χ4n) is 1.77. The highest BCUT2D eigenvalue weighted by Crippen LogP contribution is 2.22. The van der Waals surface area contributed by atoms with E-state index in [0.29, 0.717) is 13.0 Å². The Kier molecular flexibility index (Phi) is 11.8. The van der Waals surface area contributed by atoms with Crippen LogP contribution in [0.3, 0.4) is 0 Å². The first-order valence-corrected chi connectivity index (χ1v) is 9.32. The number of hydrogen-bond donors (Lipinski definition) is 1. The molecule has 0 spiro atoms. The van der Waals surface area contributed by atoms with E-state index in [9.17, 15) is 19.2 Å². The summed E-state index contributed by atoms with van der Waals surface area (Å²) >= 11 is 0. The second kappa shape index (κ2) is 13.2. The lowest BCUT2D eigenvalue weighted by Crippen LogP contribution is -2.45.